The predicted octanol–water partition coefficient (Wildman–Crippen LogP) is 2.64. The average molecular weight is 339 g/mol. The third kappa shape index (κ3) is 2.70. The lowest BCUT2D eigenvalue weighted by atomic mass is 9.95. The molecule has 0 bridgehead atoms. The highest BCUT2D eigenvalue weighted by Crippen LogP contribution is 2.49. The lowest BCUT2D eigenvalue weighted by Gasteiger charge is -2.13. The van der Waals surface area contributed by atoms with Gasteiger partial charge in [-0.25, -0.2) is 4.39 Å². The van der Waals surface area contributed by atoms with Gasteiger partial charge in [0.15, 0.2) is 0 Å². The molecule has 23 heavy (non-hydrogen) atoms. The Labute approximate surface area is 132 Å². The molecule has 2 aromatic rings. The number of aryl methyl sites for hydroxylation is 1. The summed E-state index contributed by atoms with van der Waals surface area (Å²) in [6.45, 7) is 1.68. The van der Waals surface area contributed by atoms with Crippen molar-refractivity contribution in [3.63, 3.8) is 0 Å². The Morgan fingerprint density at radius 2 is 2.04 bits per heavy atom. The van der Waals surface area contributed by atoms with E-state index >= 15 is 0 Å². The van der Waals surface area contributed by atoms with Crippen LogP contribution in [0.5, 0.6) is 0 Å². The standard InChI is InChI=1S/C15H14FNO5S/c1-9-6-13(22-8-9)23(20,21)17-10-2-3-11(12(16)7-10)15(4-5-15)14(18)19/h2-3,6-8,17H,4-5H2,1H3,(H,18,19). The molecule has 1 saturated carbocycles. The molecule has 8 heteroatoms. The zero-order valence-electron chi connectivity index (χ0n) is 12.2. The largest absolute Gasteiger partial charge is 0.481 e. The minimum absolute atomic E-state index is 0.00138. The summed E-state index contributed by atoms with van der Waals surface area (Å²) in [5, 5.41) is 8.92. The van der Waals surface area contributed by atoms with Crippen LogP contribution in [0.2, 0.25) is 0 Å². The van der Waals surface area contributed by atoms with Crippen molar-refractivity contribution in [2.24, 2.45) is 0 Å². The highest BCUT2D eigenvalue weighted by Gasteiger charge is 2.53. The first kappa shape index (κ1) is 15.5. The second-order valence-electron chi connectivity index (χ2n) is 5.63. The predicted molar refractivity (Wildman–Crippen MR) is 79.2 cm³/mol. The van der Waals surface area contributed by atoms with Crippen LogP contribution < -0.4 is 4.72 Å². The van der Waals surface area contributed by atoms with Gasteiger partial charge in [-0.05, 0) is 37.5 Å². The molecule has 0 aliphatic heterocycles. The number of furan rings is 1. The normalized spacial score (nSPS) is 16.1. The van der Waals surface area contributed by atoms with Crippen LogP contribution in [0.25, 0.3) is 0 Å². The zero-order valence-corrected chi connectivity index (χ0v) is 13.0. The first-order valence-electron chi connectivity index (χ1n) is 6.86. The Kier molecular flexibility index (Phi) is 3.44. The van der Waals surface area contributed by atoms with Crippen LogP contribution in [-0.4, -0.2) is 19.5 Å². The minimum atomic E-state index is -3.96. The Hall–Kier alpha value is -2.35. The van der Waals surface area contributed by atoms with E-state index < -0.39 is 27.2 Å². The van der Waals surface area contributed by atoms with Gasteiger partial charge in [0.05, 0.1) is 17.4 Å². The minimum Gasteiger partial charge on any atom is -0.481 e. The van der Waals surface area contributed by atoms with Crippen LogP contribution in [0.1, 0.15) is 24.0 Å². The van der Waals surface area contributed by atoms with Crippen LogP contribution in [-0.2, 0) is 20.2 Å². The maximum absolute atomic E-state index is 14.2. The molecule has 2 N–H and O–H groups in total. The Morgan fingerprint density at radius 1 is 1.35 bits per heavy atom. The van der Waals surface area contributed by atoms with Gasteiger partial charge >= 0.3 is 5.97 Å². The maximum Gasteiger partial charge on any atom is 0.314 e. The summed E-state index contributed by atoms with van der Waals surface area (Å²) in [6.07, 6.45) is 2.04. The number of anilines is 1. The van der Waals surface area contributed by atoms with Crippen LogP contribution in [0, 0.1) is 12.7 Å². The van der Waals surface area contributed by atoms with Crippen LogP contribution in [0.15, 0.2) is 40.0 Å². The van der Waals surface area contributed by atoms with Crippen molar-refractivity contribution in [2.75, 3.05) is 4.72 Å². The molecule has 1 heterocycles. The molecule has 0 unspecified atom stereocenters. The maximum atomic E-state index is 14.2. The monoisotopic (exact) mass is 339 g/mol. The number of rotatable bonds is 5. The number of benzene rings is 1. The topological polar surface area (TPSA) is 96.6 Å². The molecular formula is C15H14FNO5S. The highest BCUT2D eigenvalue weighted by atomic mass is 32.2. The van der Waals surface area contributed by atoms with E-state index in [0.717, 1.165) is 6.07 Å². The molecule has 6 nitrogen and oxygen atoms in total. The fourth-order valence-electron chi connectivity index (χ4n) is 2.44. The molecule has 1 aliphatic rings. The van der Waals surface area contributed by atoms with E-state index in [1.54, 1.807) is 6.92 Å². The second-order valence-corrected chi connectivity index (χ2v) is 7.24. The molecule has 122 valence electrons. The van der Waals surface area contributed by atoms with Crippen molar-refractivity contribution < 1.29 is 27.1 Å². The van der Waals surface area contributed by atoms with Crippen molar-refractivity contribution in [3.8, 4) is 0 Å². The molecule has 1 fully saturated rings. The highest BCUT2D eigenvalue weighted by molar-refractivity contribution is 7.92. The third-order valence-electron chi connectivity index (χ3n) is 3.87. The van der Waals surface area contributed by atoms with Crippen molar-refractivity contribution >= 4 is 21.7 Å². The molecule has 0 radical (unpaired) electrons. The number of hydrogen-bond acceptors (Lipinski definition) is 4. The average Bonchev–Trinajstić information content (AvgIpc) is 3.14. The van der Waals surface area contributed by atoms with Crippen molar-refractivity contribution in [3.05, 3.63) is 47.5 Å². The molecule has 0 amide bonds. The Morgan fingerprint density at radius 3 is 2.52 bits per heavy atom. The second kappa shape index (κ2) is 5.09. The van der Waals surface area contributed by atoms with Gasteiger partial charge in [-0.2, -0.15) is 8.42 Å². The summed E-state index contributed by atoms with van der Waals surface area (Å²) in [4.78, 5) is 11.2. The summed E-state index contributed by atoms with van der Waals surface area (Å²) < 4.78 is 45.6. The Bertz CT molecular complexity index is 883. The number of hydrogen-bond donors (Lipinski definition) is 2. The summed E-state index contributed by atoms with van der Waals surface area (Å²) >= 11 is 0. The summed E-state index contributed by atoms with van der Waals surface area (Å²) in [5.41, 5.74) is -0.466. The third-order valence-corrected chi connectivity index (χ3v) is 5.12. The molecule has 1 aromatic heterocycles. The molecule has 0 spiro atoms. The quantitative estimate of drug-likeness (QED) is 0.873. The number of carboxylic acids is 1. The number of aliphatic carboxylic acids is 1. The number of nitrogens with one attached hydrogen (secondary N) is 1. The molecule has 0 saturated heterocycles. The Balaban J connectivity index is 1.88. The van der Waals surface area contributed by atoms with Gasteiger partial charge in [-0.1, -0.05) is 6.07 Å². The van der Waals surface area contributed by atoms with E-state index in [4.69, 9.17) is 4.42 Å². The fourth-order valence-corrected chi connectivity index (χ4v) is 3.50. The fraction of sp³-hybridized carbons (Fsp3) is 0.267. The number of carbonyl (C=O) groups is 1. The van der Waals surface area contributed by atoms with E-state index in [1.165, 1.54) is 24.5 Å². The van der Waals surface area contributed by atoms with Crippen LogP contribution in [0.3, 0.4) is 0 Å². The van der Waals surface area contributed by atoms with Gasteiger partial charge in [-0.3, -0.25) is 9.52 Å². The van der Waals surface area contributed by atoms with E-state index in [0.29, 0.717) is 18.4 Å². The first-order valence-corrected chi connectivity index (χ1v) is 8.34. The molecule has 0 atom stereocenters. The molecule has 1 aliphatic carbocycles. The van der Waals surface area contributed by atoms with Gasteiger partial charge in [0, 0.05) is 11.6 Å². The van der Waals surface area contributed by atoms with Gasteiger partial charge < -0.3 is 9.52 Å². The van der Waals surface area contributed by atoms with Crippen LogP contribution in [0.4, 0.5) is 10.1 Å². The van der Waals surface area contributed by atoms with Gasteiger partial charge in [-0.15, -0.1) is 0 Å². The van der Waals surface area contributed by atoms with Crippen molar-refractivity contribution in [2.45, 2.75) is 30.3 Å². The van der Waals surface area contributed by atoms with E-state index in [1.807, 2.05) is 0 Å². The van der Waals surface area contributed by atoms with Gasteiger partial charge in [0.25, 0.3) is 10.0 Å². The van der Waals surface area contributed by atoms with E-state index in [-0.39, 0.29) is 16.3 Å². The van der Waals surface area contributed by atoms with E-state index in [2.05, 4.69) is 4.72 Å². The van der Waals surface area contributed by atoms with Crippen LogP contribution >= 0.6 is 0 Å². The number of halogens is 1. The summed E-state index contributed by atoms with van der Waals surface area (Å²) in [5.74, 6) is -1.82. The number of sulfonamides is 1. The van der Waals surface area contributed by atoms with Gasteiger partial charge in [0.2, 0.25) is 5.09 Å². The molecule has 1 aromatic carbocycles. The van der Waals surface area contributed by atoms with Crippen molar-refractivity contribution in [1.29, 1.82) is 0 Å². The van der Waals surface area contributed by atoms with E-state index in [9.17, 15) is 22.7 Å². The van der Waals surface area contributed by atoms with Gasteiger partial charge in [0.1, 0.15) is 5.82 Å². The summed E-state index contributed by atoms with van der Waals surface area (Å²) in [6, 6.07) is 4.97. The lowest BCUT2D eigenvalue weighted by molar-refractivity contribution is -0.140. The molecular weight excluding hydrogens is 325 g/mol. The summed E-state index contributed by atoms with van der Waals surface area (Å²) in [7, 11) is -3.96. The van der Waals surface area contributed by atoms with Crippen molar-refractivity contribution in [1.82, 2.24) is 0 Å². The smallest absolute Gasteiger partial charge is 0.314 e. The first-order chi connectivity index (χ1) is 10.7. The molecule has 3 rings (SSSR count). The number of carboxylic acid groups (broad SMARTS) is 1. The SMILES string of the molecule is Cc1coc(S(=O)(=O)Nc2ccc(C3(C(=O)O)CC3)c(F)c2)c1. The zero-order chi connectivity index (χ0) is 16.8. The lowest BCUT2D eigenvalue weighted by Crippen LogP contribution is -2.21.